The second-order valence-corrected chi connectivity index (χ2v) is 26.9. The van der Waals surface area contributed by atoms with Gasteiger partial charge in [0, 0.05) is 64.4 Å². The second kappa shape index (κ2) is 29.2. The molecule has 0 radical (unpaired) electrons. The standard InChI is InChI=1S/C64H75N9O18S2/c1-4-32(2)51-57(83)72-52(33(3)74)58(84)68-44(29-49(65)78)55(81)69-45(31-92-93-63(22-6-5-7-23-63)30-50(79)70-53(59(85)71-51)34-12-15-36(75)16-13-34)60(86)73-25-9-11-46(73)56(82)67-43(61(87)88)10-8-24-66-54(80)35-14-19-39-42(26-35)64(91-62(39)89)40-20-17-37(76)27-47(40)90-48-28-38(77)18-21-41(48)64/h12-21,26-28,32-33,43-46,51-53,74-77H,4-11,22-25,29-31H2,1-3H3,(H2,65,78)(H,66,80)(H,67,82)(H,68,84)(H,69,81)(H,70,79)(H,71,85)(H,72,83)(H,87,88). The summed E-state index contributed by atoms with van der Waals surface area (Å²) in [6.45, 7) is 4.47. The molecule has 9 rings (SSSR count). The lowest BCUT2D eigenvalue weighted by molar-refractivity contribution is -0.145. The Hall–Kier alpha value is -9.09. The zero-order valence-corrected chi connectivity index (χ0v) is 52.8. The van der Waals surface area contributed by atoms with E-state index in [1.165, 1.54) is 101 Å². The van der Waals surface area contributed by atoms with Gasteiger partial charge in [0.15, 0.2) is 5.60 Å². The van der Waals surface area contributed by atoms with Gasteiger partial charge in [0.05, 0.1) is 18.1 Å². The number of phenolic OH excluding ortho intramolecular Hbond substituents is 3. The number of rotatable bonds is 15. The maximum Gasteiger partial charge on any atom is 0.340 e. The molecule has 27 nitrogen and oxygen atoms in total. The van der Waals surface area contributed by atoms with Crippen LogP contribution in [0.3, 0.4) is 0 Å². The first-order valence-corrected chi connectivity index (χ1v) is 33.0. The molecule has 2 spiro atoms. The van der Waals surface area contributed by atoms with E-state index >= 15 is 4.79 Å². The lowest BCUT2D eigenvalue weighted by atomic mass is 9.77. The predicted octanol–water partition coefficient (Wildman–Crippen LogP) is 3.03. The van der Waals surface area contributed by atoms with Crippen LogP contribution in [0.5, 0.6) is 28.7 Å². The molecule has 14 N–H and O–H groups in total. The van der Waals surface area contributed by atoms with Crippen molar-refractivity contribution in [3.8, 4) is 28.7 Å². The first-order valence-electron chi connectivity index (χ1n) is 30.7. The number of aliphatic hydroxyl groups is 1. The first kappa shape index (κ1) is 68.3. The Balaban J connectivity index is 0.917. The van der Waals surface area contributed by atoms with Crippen molar-refractivity contribution >= 4 is 86.7 Å². The number of nitrogens with one attached hydrogen (secondary N) is 7. The van der Waals surface area contributed by atoms with Gasteiger partial charge in [0.1, 0.15) is 71.0 Å². The summed E-state index contributed by atoms with van der Waals surface area (Å²) in [7, 11) is 2.43. The number of hydrogen-bond donors (Lipinski definition) is 13. The van der Waals surface area contributed by atoms with Crippen molar-refractivity contribution in [2.45, 2.75) is 157 Å². The molecular weight excluding hydrogens is 1250 g/mol. The molecule has 4 aliphatic heterocycles. The molecule has 1 aliphatic carbocycles. The van der Waals surface area contributed by atoms with E-state index in [0.717, 1.165) is 17.2 Å². The van der Waals surface area contributed by atoms with Crippen LogP contribution in [-0.2, 0) is 53.5 Å². The number of hydrogen-bond acceptors (Lipinski definition) is 19. The Morgan fingerprint density at radius 2 is 1.40 bits per heavy atom. The largest absolute Gasteiger partial charge is 0.508 e. The normalized spacial score (nSPS) is 23.3. The number of fused-ring (bicyclic) bond motifs is 6. The number of esters is 1. The van der Waals surface area contributed by atoms with Crippen LogP contribution in [0.2, 0.25) is 0 Å². The molecular formula is C64H75N9O18S2. The van der Waals surface area contributed by atoms with Crippen molar-refractivity contribution < 1.29 is 87.7 Å². The predicted molar refractivity (Wildman–Crippen MR) is 336 cm³/mol. The highest BCUT2D eigenvalue weighted by Crippen LogP contribution is 2.57. The van der Waals surface area contributed by atoms with Crippen molar-refractivity contribution in [1.29, 1.82) is 0 Å². The fourth-order valence-corrected chi connectivity index (χ4v) is 15.7. The number of aromatic hydroxyl groups is 3. The molecule has 5 aliphatic rings. The summed E-state index contributed by atoms with van der Waals surface area (Å²) in [5.41, 5.74) is 5.40. The van der Waals surface area contributed by atoms with E-state index in [1.54, 1.807) is 13.8 Å². The molecule has 2 saturated heterocycles. The highest BCUT2D eigenvalue weighted by molar-refractivity contribution is 8.77. The summed E-state index contributed by atoms with van der Waals surface area (Å²) >= 11 is 0. The van der Waals surface area contributed by atoms with Crippen LogP contribution >= 0.6 is 21.6 Å². The molecule has 93 heavy (non-hydrogen) atoms. The Labute approximate surface area is 542 Å². The molecule has 4 aromatic rings. The van der Waals surface area contributed by atoms with Gasteiger partial charge in [-0.15, -0.1) is 0 Å². The van der Waals surface area contributed by atoms with Crippen molar-refractivity contribution in [3.63, 3.8) is 0 Å². The average Bonchev–Trinajstić information content (AvgIpc) is 1.64. The molecule has 4 aromatic carbocycles. The SMILES string of the molecule is CCC(C)C1NC(=O)C(c2ccc(O)cc2)NC(=O)CC2(CCCCC2)SSCC(C(=O)N2CCCC2C(=O)NC(CCCNC(=O)c2ccc3c(c2)C2(OC3=O)c3ccc(O)cc3Oc3cc(O)ccc32)C(=O)O)NC(=O)C(CC(N)=O)NC(=O)C(C(C)O)NC1=O. The number of carboxylic acids is 1. The van der Waals surface area contributed by atoms with Crippen LogP contribution in [0, 0.1) is 5.92 Å². The zero-order chi connectivity index (χ0) is 67.1. The minimum absolute atomic E-state index is 0.0181. The number of aliphatic carboxylic acids is 1. The average molecular weight is 1320 g/mol. The third kappa shape index (κ3) is 15.4. The molecule has 0 bridgehead atoms. The number of nitrogens with zero attached hydrogens (tertiary/aromatic N) is 1. The number of aliphatic hydroxyl groups excluding tert-OH is 1. The number of carbonyl (C=O) groups excluding carboxylic acids is 10. The number of primary amides is 1. The van der Waals surface area contributed by atoms with Gasteiger partial charge in [0.2, 0.25) is 47.3 Å². The maximum absolute atomic E-state index is 15.0. The van der Waals surface area contributed by atoms with Crippen LogP contribution in [0.25, 0.3) is 0 Å². The Morgan fingerprint density at radius 3 is 2.03 bits per heavy atom. The number of ether oxygens (including phenoxy) is 2. The fraction of sp³-hybridized carbons (Fsp3) is 0.453. The zero-order valence-electron chi connectivity index (χ0n) is 51.2. The van der Waals surface area contributed by atoms with E-state index in [0.29, 0.717) is 43.2 Å². The smallest absolute Gasteiger partial charge is 0.340 e. The van der Waals surface area contributed by atoms with E-state index in [4.69, 9.17) is 15.2 Å². The Bertz CT molecular complexity index is 3530. The maximum atomic E-state index is 15.0. The molecule has 4 heterocycles. The minimum Gasteiger partial charge on any atom is -0.508 e. The number of phenols is 3. The third-order valence-corrected chi connectivity index (χ3v) is 20.8. The summed E-state index contributed by atoms with van der Waals surface area (Å²) in [6, 6.07) is 7.66. The molecule has 0 aromatic heterocycles. The van der Waals surface area contributed by atoms with Crippen LogP contribution in [-0.4, -0.2) is 161 Å². The fourth-order valence-electron chi connectivity index (χ4n) is 12.4. The number of likely N-dealkylation sites (tertiary alicyclic amines) is 1. The van der Waals surface area contributed by atoms with Gasteiger partial charge >= 0.3 is 11.9 Å². The molecule has 496 valence electrons. The number of nitrogens with two attached hydrogens (primary N) is 1. The number of carboxylic acid groups (broad SMARTS) is 1. The van der Waals surface area contributed by atoms with Crippen LogP contribution in [0.1, 0.15) is 147 Å². The van der Waals surface area contributed by atoms with E-state index in [2.05, 4.69) is 37.2 Å². The van der Waals surface area contributed by atoms with Crippen molar-refractivity contribution in [2.75, 3.05) is 18.8 Å². The van der Waals surface area contributed by atoms with Crippen molar-refractivity contribution in [1.82, 2.24) is 42.1 Å². The van der Waals surface area contributed by atoms with Crippen LogP contribution in [0.15, 0.2) is 78.9 Å². The summed E-state index contributed by atoms with van der Waals surface area (Å²) in [5.74, 6) is -10.9. The lowest BCUT2D eigenvalue weighted by Gasteiger charge is -2.37. The molecule has 29 heteroatoms. The number of amides is 9. The van der Waals surface area contributed by atoms with Gasteiger partial charge in [-0.1, -0.05) is 73.3 Å². The number of benzene rings is 4. The monoisotopic (exact) mass is 1320 g/mol. The summed E-state index contributed by atoms with van der Waals surface area (Å²) in [6.07, 6.45) is 1.22. The molecule has 9 amide bonds. The van der Waals surface area contributed by atoms with Crippen LogP contribution in [0.4, 0.5) is 0 Å². The van der Waals surface area contributed by atoms with Gasteiger partial charge in [-0.05, 0) is 112 Å². The van der Waals surface area contributed by atoms with Gasteiger partial charge in [-0.2, -0.15) is 0 Å². The second-order valence-electron chi connectivity index (χ2n) is 24.1. The van der Waals surface area contributed by atoms with E-state index in [-0.39, 0.29) is 102 Å². The van der Waals surface area contributed by atoms with Gasteiger partial charge < -0.3 is 82.9 Å². The number of carbonyl (C=O) groups is 11. The first-order chi connectivity index (χ1) is 44.3. The molecule has 9 atom stereocenters. The Kier molecular flexibility index (Phi) is 21.5. The summed E-state index contributed by atoms with van der Waals surface area (Å²) < 4.78 is 11.3. The summed E-state index contributed by atoms with van der Waals surface area (Å²) in [5, 5.41) is 70.5. The van der Waals surface area contributed by atoms with E-state index in [1.807, 2.05) is 0 Å². The van der Waals surface area contributed by atoms with Crippen molar-refractivity contribution in [3.05, 3.63) is 112 Å². The van der Waals surface area contributed by atoms with Crippen LogP contribution < -0.4 is 47.7 Å². The Morgan fingerprint density at radius 1 is 0.753 bits per heavy atom. The van der Waals surface area contributed by atoms with E-state index < -0.39 is 136 Å². The van der Waals surface area contributed by atoms with Gasteiger partial charge in [-0.3, -0.25) is 43.2 Å². The molecule has 1 saturated carbocycles. The molecule has 3 fully saturated rings. The molecule has 9 unspecified atom stereocenters. The topological polar surface area (TPSA) is 421 Å². The quantitative estimate of drug-likeness (QED) is 0.0462. The van der Waals surface area contributed by atoms with E-state index in [9.17, 15) is 73.5 Å². The highest BCUT2D eigenvalue weighted by atomic mass is 33.1. The van der Waals surface area contributed by atoms with Gasteiger partial charge in [-0.25, -0.2) is 9.59 Å². The van der Waals surface area contributed by atoms with Crippen molar-refractivity contribution in [2.24, 2.45) is 11.7 Å². The lowest BCUT2D eigenvalue weighted by Crippen LogP contribution is -2.62. The highest BCUT2D eigenvalue weighted by Gasteiger charge is 2.54. The van der Waals surface area contributed by atoms with Gasteiger partial charge in [0.25, 0.3) is 5.91 Å². The minimum atomic E-state index is -1.81. The summed E-state index contributed by atoms with van der Waals surface area (Å²) in [4.78, 5) is 155. The third-order valence-electron chi connectivity index (χ3n) is 17.5.